The summed E-state index contributed by atoms with van der Waals surface area (Å²) in [6.07, 6.45) is 2.63. The van der Waals surface area contributed by atoms with Crippen LogP contribution in [0.4, 0.5) is 17.1 Å². The maximum absolute atomic E-state index is 15.2. The van der Waals surface area contributed by atoms with Crippen LogP contribution in [0.25, 0.3) is 10.8 Å². The number of carbonyl (C=O) groups excluding carboxylic acids is 2. The number of aromatic nitrogens is 3. The second-order valence-corrected chi connectivity index (χ2v) is 15.8. The SMILES string of the molecule is COc1ccc(C(C)(C)[C@@H]2[C@@H](CCn3cc(CCO)nn3)O[C@]3(C(=O)N(Cc4ccc(N5C(=O)c6cccc7cccc5c67)cc4)c4ccccc43)[C@H]2C)cc1. The lowest BCUT2D eigenvalue weighted by molar-refractivity contribution is -0.146. The van der Waals surface area contributed by atoms with Crippen LogP contribution in [0.15, 0.2) is 115 Å². The van der Waals surface area contributed by atoms with Crippen LogP contribution in [-0.2, 0) is 40.1 Å². The molecule has 0 radical (unpaired) electrons. The topological polar surface area (TPSA) is 110 Å². The lowest BCUT2D eigenvalue weighted by Gasteiger charge is -2.38. The fourth-order valence-corrected chi connectivity index (χ4v) is 9.74. The predicted molar refractivity (Wildman–Crippen MR) is 215 cm³/mol. The van der Waals surface area contributed by atoms with Gasteiger partial charge in [-0.15, -0.1) is 5.10 Å². The molecule has 3 aliphatic heterocycles. The zero-order valence-electron chi connectivity index (χ0n) is 32.1. The van der Waals surface area contributed by atoms with E-state index in [2.05, 4.69) is 43.2 Å². The summed E-state index contributed by atoms with van der Waals surface area (Å²) in [6.45, 7) is 7.56. The number of anilines is 3. The molecule has 0 aliphatic carbocycles. The second kappa shape index (κ2) is 13.7. The van der Waals surface area contributed by atoms with E-state index in [0.29, 0.717) is 31.5 Å². The Hall–Kier alpha value is -5.84. The van der Waals surface area contributed by atoms with Gasteiger partial charge in [-0.2, -0.15) is 0 Å². The van der Waals surface area contributed by atoms with Crippen molar-refractivity contribution in [2.45, 2.75) is 63.8 Å². The number of hydrogen-bond acceptors (Lipinski definition) is 7. The number of ether oxygens (including phenoxy) is 2. The number of benzene rings is 5. The molecule has 1 spiro atoms. The molecule has 10 nitrogen and oxygen atoms in total. The highest BCUT2D eigenvalue weighted by Crippen LogP contribution is 2.60. The van der Waals surface area contributed by atoms with Crippen molar-refractivity contribution in [1.29, 1.82) is 0 Å². The molecule has 1 N–H and O–H groups in total. The predicted octanol–water partition coefficient (Wildman–Crippen LogP) is 7.73. The van der Waals surface area contributed by atoms with Crippen molar-refractivity contribution < 1.29 is 24.2 Å². The van der Waals surface area contributed by atoms with Crippen LogP contribution < -0.4 is 14.5 Å². The minimum atomic E-state index is -1.20. The van der Waals surface area contributed by atoms with Crippen molar-refractivity contribution in [2.75, 3.05) is 23.5 Å². The van der Waals surface area contributed by atoms with E-state index in [-0.39, 0.29) is 41.8 Å². The van der Waals surface area contributed by atoms with E-state index >= 15 is 4.79 Å². The third-order valence-corrected chi connectivity index (χ3v) is 12.4. The number of carbonyl (C=O) groups is 2. The fourth-order valence-electron chi connectivity index (χ4n) is 9.74. The van der Waals surface area contributed by atoms with Crippen LogP contribution in [0.1, 0.15) is 59.9 Å². The molecule has 6 aromatic rings. The van der Waals surface area contributed by atoms with Gasteiger partial charge in [-0.3, -0.25) is 19.2 Å². The molecule has 0 unspecified atom stereocenters. The maximum Gasteiger partial charge on any atom is 0.264 e. The molecular weight excluding hydrogens is 703 g/mol. The fraction of sp³-hybridized carbons (Fsp3) is 0.304. The second-order valence-electron chi connectivity index (χ2n) is 15.8. The number of aryl methyl sites for hydroxylation is 1. The van der Waals surface area contributed by atoms with Gasteiger partial charge >= 0.3 is 0 Å². The van der Waals surface area contributed by atoms with Gasteiger partial charge in [0, 0.05) is 54.2 Å². The average molecular weight is 748 g/mol. The molecule has 56 heavy (non-hydrogen) atoms. The van der Waals surface area contributed by atoms with E-state index < -0.39 is 5.60 Å². The molecule has 4 heterocycles. The number of para-hydroxylation sites is 1. The highest BCUT2D eigenvalue weighted by molar-refractivity contribution is 6.27. The first-order valence-corrected chi connectivity index (χ1v) is 19.3. The van der Waals surface area contributed by atoms with Crippen molar-refractivity contribution >= 4 is 39.6 Å². The van der Waals surface area contributed by atoms with Gasteiger partial charge in [0.05, 0.1) is 42.4 Å². The lowest BCUT2D eigenvalue weighted by Crippen LogP contribution is -2.45. The zero-order chi connectivity index (χ0) is 38.8. The first-order chi connectivity index (χ1) is 27.1. The third kappa shape index (κ3) is 5.53. The maximum atomic E-state index is 15.2. The molecule has 1 aromatic heterocycles. The number of aliphatic hydroxyl groups is 1. The Kier molecular flexibility index (Phi) is 8.78. The van der Waals surface area contributed by atoms with Gasteiger partial charge in [0.25, 0.3) is 11.8 Å². The molecule has 10 heteroatoms. The highest BCUT2D eigenvalue weighted by Gasteiger charge is 2.65. The van der Waals surface area contributed by atoms with Gasteiger partial charge < -0.3 is 19.5 Å². The Morgan fingerprint density at radius 2 is 1.62 bits per heavy atom. The largest absolute Gasteiger partial charge is 0.497 e. The summed E-state index contributed by atoms with van der Waals surface area (Å²) in [5, 5.41) is 20.0. The van der Waals surface area contributed by atoms with Crippen molar-refractivity contribution in [1.82, 2.24) is 15.0 Å². The first kappa shape index (κ1) is 35.8. The van der Waals surface area contributed by atoms with Gasteiger partial charge in [-0.25, -0.2) is 0 Å². The van der Waals surface area contributed by atoms with Crippen LogP contribution in [0.2, 0.25) is 0 Å². The third-order valence-electron chi connectivity index (χ3n) is 12.4. The normalized spacial score (nSPS) is 21.5. The number of rotatable bonds is 11. The summed E-state index contributed by atoms with van der Waals surface area (Å²) in [6, 6.07) is 36.0. The molecule has 0 bridgehead atoms. The molecule has 3 aliphatic rings. The lowest BCUT2D eigenvalue weighted by atomic mass is 9.63. The Bertz CT molecular complexity index is 2450. The molecule has 1 fully saturated rings. The van der Waals surface area contributed by atoms with Gasteiger partial charge in [0.15, 0.2) is 5.60 Å². The van der Waals surface area contributed by atoms with E-state index in [1.165, 1.54) is 0 Å². The number of fused-ring (bicyclic) bond motifs is 2. The van der Waals surface area contributed by atoms with Crippen LogP contribution in [0.5, 0.6) is 5.75 Å². The average Bonchev–Trinajstić information content (AvgIpc) is 3.94. The summed E-state index contributed by atoms with van der Waals surface area (Å²) in [5.74, 6) is 0.418. The minimum Gasteiger partial charge on any atom is -0.497 e. The standard InChI is InChI=1S/C46H45N5O5/c1-29-42(45(2,3)32-17-21-35(55-4)22-18-32)40(23-25-49-28-33(24-26-52)47-48-49)56-46(29)37-12-5-6-13-38(37)50(44(46)54)27-30-15-19-34(20-16-30)51-39-14-8-10-31-9-7-11-36(41(31)39)43(51)53/h5-22,28-29,40,42,52H,23-27H2,1-4H3/t29-,40+,42-,46+/m0/s1. The molecule has 0 saturated carbocycles. The monoisotopic (exact) mass is 747 g/mol. The zero-order valence-corrected chi connectivity index (χ0v) is 32.1. The number of hydrogen-bond donors (Lipinski definition) is 1. The van der Waals surface area contributed by atoms with E-state index in [1.54, 1.807) is 16.7 Å². The first-order valence-electron chi connectivity index (χ1n) is 19.3. The summed E-state index contributed by atoms with van der Waals surface area (Å²) in [5.41, 5.74) is 5.31. The number of nitrogens with zero attached hydrogens (tertiary/aromatic N) is 5. The van der Waals surface area contributed by atoms with Gasteiger partial charge in [-0.05, 0) is 70.8 Å². The van der Waals surface area contributed by atoms with Crippen molar-refractivity contribution in [3.63, 3.8) is 0 Å². The van der Waals surface area contributed by atoms with Crippen LogP contribution in [0, 0.1) is 11.8 Å². The number of methoxy groups -OCH3 is 1. The molecule has 4 atom stereocenters. The van der Waals surface area contributed by atoms with Crippen molar-refractivity contribution in [3.8, 4) is 5.75 Å². The smallest absolute Gasteiger partial charge is 0.264 e. The molecular formula is C46H45N5O5. The summed E-state index contributed by atoms with van der Waals surface area (Å²) < 4.78 is 14.6. The Balaban J connectivity index is 1.04. The van der Waals surface area contributed by atoms with Crippen molar-refractivity contribution in [3.05, 3.63) is 143 Å². The summed E-state index contributed by atoms with van der Waals surface area (Å²) >= 11 is 0. The van der Waals surface area contributed by atoms with E-state index in [9.17, 15) is 9.90 Å². The Morgan fingerprint density at radius 1 is 0.893 bits per heavy atom. The number of aliphatic hydroxyl groups excluding tert-OH is 1. The van der Waals surface area contributed by atoms with Gasteiger partial charge in [0.2, 0.25) is 0 Å². The van der Waals surface area contributed by atoms with Gasteiger partial charge in [-0.1, -0.05) is 92.7 Å². The van der Waals surface area contributed by atoms with E-state index in [0.717, 1.165) is 56.0 Å². The molecule has 5 aromatic carbocycles. The van der Waals surface area contributed by atoms with E-state index in [4.69, 9.17) is 9.47 Å². The molecule has 2 amide bonds. The van der Waals surface area contributed by atoms with Crippen LogP contribution >= 0.6 is 0 Å². The Labute approximate surface area is 326 Å². The summed E-state index contributed by atoms with van der Waals surface area (Å²) in [4.78, 5) is 32.5. The quantitative estimate of drug-likeness (QED) is 0.145. The molecule has 9 rings (SSSR count). The van der Waals surface area contributed by atoms with Crippen LogP contribution in [-0.4, -0.2) is 51.7 Å². The van der Waals surface area contributed by atoms with Crippen LogP contribution in [0.3, 0.4) is 0 Å². The molecule has 1 saturated heterocycles. The minimum absolute atomic E-state index is 0.00845. The van der Waals surface area contributed by atoms with Crippen molar-refractivity contribution in [2.24, 2.45) is 11.8 Å². The summed E-state index contributed by atoms with van der Waals surface area (Å²) in [7, 11) is 1.67. The highest BCUT2D eigenvalue weighted by atomic mass is 16.5. The molecule has 284 valence electrons. The van der Waals surface area contributed by atoms with E-state index in [1.807, 2.05) is 108 Å². The van der Waals surface area contributed by atoms with Gasteiger partial charge in [0.1, 0.15) is 5.75 Å². The Morgan fingerprint density at radius 3 is 2.38 bits per heavy atom. The number of amides is 2.